The number of benzene rings is 2. The highest BCUT2D eigenvalue weighted by Crippen LogP contribution is 2.19. The predicted molar refractivity (Wildman–Crippen MR) is 121 cm³/mol. The molecule has 0 spiro atoms. The van der Waals surface area contributed by atoms with Gasteiger partial charge in [0.2, 0.25) is 0 Å². The highest BCUT2D eigenvalue weighted by molar-refractivity contribution is 5.80. The van der Waals surface area contributed by atoms with E-state index in [1.165, 1.54) is 11.2 Å². The van der Waals surface area contributed by atoms with Crippen LogP contribution in [-0.4, -0.2) is 47.7 Å². The normalized spacial score (nSPS) is 17.1. The summed E-state index contributed by atoms with van der Waals surface area (Å²) in [7, 11) is 0. The quantitative estimate of drug-likeness (QED) is 0.501. The van der Waals surface area contributed by atoms with E-state index in [0.29, 0.717) is 12.6 Å². The topological polar surface area (TPSA) is 57.5 Å². The number of aryl methyl sites for hydroxylation is 1. The summed E-state index contributed by atoms with van der Waals surface area (Å²) < 4.78 is 2.25. The Labute approximate surface area is 172 Å². The van der Waals surface area contributed by atoms with Gasteiger partial charge < -0.3 is 20.1 Å². The molecular weight excluding hydrogens is 360 g/mol. The molecule has 1 aromatic heterocycles. The summed E-state index contributed by atoms with van der Waals surface area (Å²) in [4.78, 5) is 11.9. The molecule has 0 aliphatic carbocycles. The lowest BCUT2D eigenvalue weighted by molar-refractivity contribution is 0.641. The van der Waals surface area contributed by atoms with Gasteiger partial charge in [0.25, 0.3) is 0 Å². The van der Waals surface area contributed by atoms with Gasteiger partial charge in [-0.1, -0.05) is 30.3 Å². The standard InChI is InChI=1S/C23H30N6/c1-3-24-23(27-19-13-15-28(17-19)20-9-5-4-6-10-20)25-14-16-29-18(2)26-21-11-7-8-12-22(21)29/h4-12,19H,3,13-17H2,1-2H3,(H2,24,25,27). The first-order valence-electron chi connectivity index (χ1n) is 10.5. The third kappa shape index (κ3) is 4.53. The fourth-order valence-corrected chi connectivity index (χ4v) is 4.00. The molecule has 6 heteroatoms. The maximum absolute atomic E-state index is 4.82. The Balaban J connectivity index is 1.37. The SMILES string of the molecule is CCNC(=NCCn1c(C)nc2ccccc21)NC1CCN(c2ccccc2)C1. The Morgan fingerprint density at radius 3 is 2.76 bits per heavy atom. The number of hydrogen-bond acceptors (Lipinski definition) is 3. The molecule has 0 amide bonds. The zero-order valence-electron chi connectivity index (χ0n) is 17.3. The van der Waals surface area contributed by atoms with Crippen molar-refractivity contribution < 1.29 is 0 Å². The van der Waals surface area contributed by atoms with E-state index in [0.717, 1.165) is 49.9 Å². The number of hydrogen-bond donors (Lipinski definition) is 2. The van der Waals surface area contributed by atoms with Crippen molar-refractivity contribution in [1.29, 1.82) is 0 Å². The van der Waals surface area contributed by atoms with Crippen molar-refractivity contribution in [3.63, 3.8) is 0 Å². The van der Waals surface area contributed by atoms with Gasteiger partial charge in [-0.3, -0.25) is 4.99 Å². The fourth-order valence-electron chi connectivity index (χ4n) is 4.00. The molecule has 1 atom stereocenters. The molecule has 1 fully saturated rings. The molecule has 1 aliphatic heterocycles. The third-order valence-electron chi connectivity index (χ3n) is 5.43. The molecule has 152 valence electrons. The fraction of sp³-hybridized carbons (Fsp3) is 0.391. The molecule has 0 radical (unpaired) electrons. The minimum Gasteiger partial charge on any atom is -0.369 e. The van der Waals surface area contributed by atoms with Crippen LogP contribution >= 0.6 is 0 Å². The lowest BCUT2D eigenvalue weighted by atomic mass is 10.3. The van der Waals surface area contributed by atoms with Crippen molar-refractivity contribution >= 4 is 22.7 Å². The zero-order valence-corrected chi connectivity index (χ0v) is 17.3. The van der Waals surface area contributed by atoms with Crippen molar-refractivity contribution in [2.45, 2.75) is 32.9 Å². The maximum atomic E-state index is 4.82. The van der Waals surface area contributed by atoms with Gasteiger partial charge in [0, 0.05) is 37.9 Å². The highest BCUT2D eigenvalue weighted by atomic mass is 15.2. The summed E-state index contributed by atoms with van der Waals surface area (Å²) in [5.41, 5.74) is 3.51. The van der Waals surface area contributed by atoms with Crippen LogP contribution in [0.4, 0.5) is 5.69 Å². The van der Waals surface area contributed by atoms with E-state index in [-0.39, 0.29) is 0 Å². The number of nitrogens with one attached hydrogen (secondary N) is 2. The van der Waals surface area contributed by atoms with Crippen molar-refractivity contribution in [3.05, 3.63) is 60.4 Å². The summed E-state index contributed by atoms with van der Waals surface area (Å²) in [6.45, 7) is 8.63. The second-order valence-corrected chi connectivity index (χ2v) is 7.47. The Kier molecular flexibility index (Phi) is 5.98. The first-order valence-corrected chi connectivity index (χ1v) is 10.5. The molecule has 1 unspecified atom stereocenters. The lowest BCUT2D eigenvalue weighted by Gasteiger charge is -2.20. The van der Waals surface area contributed by atoms with E-state index in [1.807, 2.05) is 6.07 Å². The molecule has 1 aliphatic rings. The van der Waals surface area contributed by atoms with E-state index >= 15 is 0 Å². The number of rotatable bonds is 6. The Morgan fingerprint density at radius 2 is 1.93 bits per heavy atom. The molecule has 6 nitrogen and oxygen atoms in total. The summed E-state index contributed by atoms with van der Waals surface area (Å²) in [5, 5.41) is 7.01. The largest absolute Gasteiger partial charge is 0.369 e. The Hall–Kier alpha value is -3.02. The molecule has 3 aromatic rings. The molecular formula is C23H30N6. The number of aliphatic imine (C=N–C) groups is 1. The van der Waals surface area contributed by atoms with Crippen LogP contribution in [0.5, 0.6) is 0 Å². The van der Waals surface area contributed by atoms with Gasteiger partial charge in [-0.15, -0.1) is 0 Å². The minimum atomic E-state index is 0.406. The first kappa shape index (κ1) is 19.3. The summed E-state index contributed by atoms with van der Waals surface area (Å²) in [6.07, 6.45) is 1.12. The van der Waals surface area contributed by atoms with Crippen molar-refractivity contribution in [2.75, 3.05) is 31.1 Å². The van der Waals surface area contributed by atoms with Crippen LogP contribution in [-0.2, 0) is 6.54 Å². The van der Waals surface area contributed by atoms with Gasteiger partial charge in [-0.05, 0) is 44.5 Å². The average molecular weight is 391 g/mol. The highest BCUT2D eigenvalue weighted by Gasteiger charge is 2.23. The van der Waals surface area contributed by atoms with Gasteiger partial charge in [-0.2, -0.15) is 0 Å². The maximum Gasteiger partial charge on any atom is 0.191 e. The van der Waals surface area contributed by atoms with Gasteiger partial charge in [-0.25, -0.2) is 4.98 Å². The van der Waals surface area contributed by atoms with Crippen LogP contribution < -0.4 is 15.5 Å². The van der Waals surface area contributed by atoms with Crippen LogP contribution in [0.3, 0.4) is 0 Å². The Morgan fingerprint density at radius 1 is 1.14 bits per heavy atom. The van der Waals surface area contributed by atoms with E-state index in [4.69, 9.17) is 4.99 Å². The molecule has 0 bridgehead atoms. The second kappa shape index (κ2) is 8.99. The van der Waals surface area contributed by atoms with Crippen LogP contribution in [0.25, 0.3) is 11.0 Å². The van der Waals surface area contributed by atoms with Gasteiger partial charge in [0.05, 0.1) is 17.6 Å². The summed E-state index contributed by atoms with van der Waals surface area (Å²) >= 11 is 0. The summed E-state index contributed by atoms with van der Waals surface area (Å²) in [5.74, 6) is 1.93. The van der Waals surface area contributed by atoms with Crippen LogP contribution in [0.2, 0.25) is 0 Å². The van der Waals surface area contributed by atoms with E-state index in [1.54, 1.807) is 0 Å². The number of anilines is 1. The number of guanidine groups is 1. The number of fused-ring (bicyclic) bond motifs is 1. The molecule has 2 aromatic carbocycles. The monoisotopic (exact) mass is 390 g/mol. The average Bonchev–Trinajstić information content (AvgIpc) is 3.33. The van der Waals surface area contributed by atoms with E-state index < -0.39 is 0 Å². The van der Waals surface area contributed by atoms with Gasteiger partial charge in [0.15, 0.2) is 5.96 Å². The molecule has 1 saturated heterocycles. The van der Waals surface area contributed by atoms with Crippen molar-refractivity contribution in [1.82, 2.24) is 20.2 Å². The Bertz CT molecular complexity index is 962. The van der Waals surface area contributed by atoms with Crippen molar-refractivity contribution in [3.8, 4) is 0 Å². The van der Waals surface area contributed by atoms with E-state index in [2.05, 4.69) is 87.5 Å². The number of para-hydroxylation sites is 3. The number of nitrogens with zero attached hydrogens (tertiary/aromatic N) is 4. The third-order valence-corrected chi connectivity index (χ3v) is 5.43. The summed E-state index contributed by atoms with van der Waals surface area (Å²) in [6, 6.07) is 19.3. The number of imidazole rings is 1. The molecule has 0 saturated carbocycles. The molecule has 4 rings (SSSR count). The predicted octanol–water partition coefficient (Wildman–Crippen LogP) is 3.18. The van der Waals surface area contributed by atoms with Crippen molar-refractivity contribution in [2.24, 2.45) is 4.99 Å². The van der Waals surface area contributed by atoms with E-state index in [9.17, 15) is 0 Å². The second-order valence-electron chi connectivity index (χ2n) is 7.47. The van der Waals surface area contributed by atoms with Crippen LogP contribution in [0.1, 0.15) is 19.2 Å². The number of aromatic nitrogens is 2. The minimum absolute atomic E-state index is 0.406. The smallest absolute Gasteiger partial charge is 0.191 e. The molecule has 2 heterocycles. The first-order chi connectivity index (χ1) is 14.2. The lowest BCUT2D eigenvalue weighted by Crippen LogP contribution is -2.44. The van der Waals surface area contributed by atoms with Crippen LogP contribution in [0.15, 0.2) is 59.6 Å². The zero-order chi connectivity index (χ0) is 20.1. The van der Waals surface area contributed by atoms with Gasteiger partial charge >= 0.3 is 0 Å². The molecule has 29 heavy (non-hydrogen) atoms. The van der Waals surface area contributed by atoms with Gasteiger partial charge in [0.1, 0.15) is 5.82 Å². The molecule has 2 N–H and O–H groups in total. The van der Waals surface area contributed by atoms with Crippen LogP contribution in [0, 0.1) is 6.92 Å².